The molecule has 2 amide bonds. The lowest BCUT2D eigenvalue weighted by Gasteiger charge is -2.24. The molecule has 0 saturated carbocycles. The van der Waals surface area contributed by atoms with E-state index in [-0.39, 0.29) is 17.0 Å². The Labute approximate surface area is 176 Å². The largest absolute Gasteiger partial charge is 0.322 e. The number of carbonyl (C=O) groups excluding carboxylic acids is 2. The molecule has 1 heterocycles. The predicted molar refractivity (Wildman–Crippen MR) is 113 cm³/mol. The summed E-state index contributed by atoms with van der Waals surface area (Å²) < 4.78 is 26.8. The van der Waals surface area contributed by atoms with Crippen molar-refractivity contribution in [1.82, 2.24) is 4.90 Å². The van der Waals surface area contributed by atoms with E-state index in [1.165, 1.54) is 6.07 Å². The molecule has 0 bridgehead atoms. The lowest BCUT2D eigenvalue weighted by Crippen LogP contribution is -2.27. The normalized spacial score (nSPS) is 16.0. The Morgan fingerprint density at radius 2 is 1.77 bits per heavy atom. The number of carbonyl (C=O) groups is 2. The molecule has 3 aromatic carbocycles. The molecule has 1 fully saturated rings. The summed E-state index contributed by atoms with van der Waals surface area (Å²) in [6, 6.07) is 19.6. The number of rotatable bonds is 5. The van der Waals surface area contributed by atoms with E-state index in [0.717, 1.165) is 17.2 Å². The SMILES string of the molecule is O=C(Nc1ccc(F)cc1F)c1ccc([C@H]2SCC(=O)N2Cc2ccccc2)cc1. The maximum absolute atomic E-state index is 13.8. The van der Waals surface area contributed by atoms with Gasteiger partial charge in [-0.3, -0.25) is 9.59 Å². The highest BCUT2D eigenvalue weighted by molar-refractivity contribution is 8.00. The Hall–Kier alpha value is -3.19. The van der Waals surface area contributed by atoms with Gasteiger partial charge < -0.3 is 10.2 Å². The van der Waals surface area contributed by atoms with Crippen LogP contribution in [-0.2, 0) is 11.3 Å². The fraction of sp³-hybridized carbons (Fsp3) is 0.130. The minimum atomic E-state index is -0.836. The summed E-state index contributed by atoms with van der Waals surface area (Å²) in [5.41, 5.74) is 2.21. The molecule has 0 spiro atoms. The average molecular weight is 424 g/mol. The van der Waals surface area contributed by atoms with Crippen LogP contribution in [0.3, 0.4) is 0 Å². The predicted octanol–water partition coefficient (Wildman–Crippen LogP) is 4.99. The van der Waals surface area contributed by atoms with Crippen molar-refractivity contribution in [3.63, 3.8) is 0 Å². The van der Waals surface area contributed by atoms with Crippen molar-refractivity contribution >= 4 is 29.3 Å². The van der Waals surface area contributed by atoms with Crippen LogP contribution in [0.15, 0.2) is 72.8 Å². The van der Waals surface area contributed by atoms with Crippen LogP contribution in [-0.4, -0.2) is 22.5 Å². The number of hydrogen-bond acceptors (Lipinski definition) is 3. The van der Waals surface area contributed by atoms with Gasteiger partial charge in [0.1, 0.15) is 17.0 Å². The van der Waals surface area contributed by atoms with Crippen LogP contribution in [0.1, 0.15) is 26.9 Å². The van der Waals surface area contributed by atoms with Crippen LogP contribution in [0.4, 0.5) is 14.5 Å². The van der Waals surface area contributed by atoms with Gasteiger partial charge in [0.25, 0.3) is 5.91 Å². The molecule has 0 aromatic heterocycles. The van der Waals surface area contributed by atoms with Gasteiger partial charge >= 0.3 is 0 Å². The summed E-state index contributed by atoms with van der Waals surface area (Å²) in [6.45, 7) is 0.517. The van der Waals surface area contributed by atoms with Gasteiger partial charge in [0.05, 0.1) is 11.4 Å². The second kappa shape index (κ2) is 8.67. The summed E-state index contributed by atoms with van der Waals surface area (Å²) in [7, 11) is 0. The first-order valence-corrected chi connectivity index (χ1v) is 10.4. The van der Waals surface area contributed by atoms with Crippen molar-refractivity contribution in [3.05, 3.63) is 101 Å². The average Bonchev–Trinajstić information content (AvgIpc) is 3.11. The number of benzene rings is 3. The number of halogens is 2. The molecule has 1 aliphatic rings. The zero-order chi connectivity index (χ0) is 21.1. The van der Waals surface area contributed by atoms with Crippen LogP contribution in [0, 0.1) is 11.6 Å². The zero-order valence-corrected chi connectivity index (χ0v) is 16.7. The Morgan fingerprint density at radius 1 is 1.03 bits per heavy atom. The lowest BCUT2D eigenvalue weighted by molar-refractivity contribution is -0.128. The topological polar surface area (TPSA) is 49.4 Å². The number of anilines is 1. The first-order valence-electron chi connectivity index (χ1n) is 9.32. The van der Waals surface area contributed by atoms with Crippen molar-refractivity contribution in [2.24, 2.45) is 0 Å². The van der Waals surface area contributed by atoms with E-state index in [1.54, 1.807) is 36.0 Å². The van der Waals surface area contributed by atoms with Crippen LogP contribution < -0.4 is 5.32 Å². The molecule has 7 heteroatoms. The van der Waals surface area contributed by atoms with Gasteiger partial charge in [-0.15, -0.1) is 11.8 Å². The number of hydrogen-bond donors (Lipinski definition) is 1. The van der Waals surface area contributed by atoms with Crippen molar-refractivity contribution in [1.29, 1.82) is 0 Å². The third-order valence-corrected chi connectivity index (χ3v) is 6.06. The molecular weight excluding hydrogens is 406 g/mol. The summed E-state index contributed by atoms with van der Waals surface area (Å²) >= 11 is 1.54. The van der Waals surface area contributed by atoms with Crippen molar-refractivity contribution in [2.75, 3.05) is 11.1 Å². The third-order valence-electron chi connectivity index (χ3n) is 4.80. The van der Waals surface area contributed by atoms with Gasteiger partial charge in [0.2, 0.25) is 5.91 Å². The Morgan fingerprint density at radius 3 is 2.47 bits per heavy atom. The summed E-state index contributed by atoms with van der Waals surface area (Å²) in [5.74, 6) is -1.56. The van der Waals surface area contributed by atoms with Crippen LogP contribution in [0.2, 0.25) is 0 Å². The van der Waals surface area contributed by atoms with Gasteiger partial charge in [-0.2, -0.15) is 0 Å². The molecule has 0 unspecified atom stereocenters. The van der Waals surface area contributed by atoms with Gasteiger partial charge in [0, 0.05) is 18.2 Å². The third kappa shape index (κ3) is 4.36. The van der Waals surface area contributed by atoms with Crippen LogP contribution in [0.25, 0.3) is 0 Å². The van der Waals surface area contributed by atoms with Crippen molar-refractivity contribution in [2.45, 2.75) is 11.9 Å². The first kappa shape index (κ1) is 20.1. The summed E-state index contributed by atoms with van der Waals surface area (Å²) in [4.78, 5) is 26.6. The highest BCUT2D eigenvalue weighted by atomic mass is 32.2. The molecule has 4 rings (SSSR count). The molecule has 1 atom stereocenters. The van der Waals surface area contributed by atoms with Gasteiger partial charge in [-0.05, 0) is 35.4 Å². The molecule has 30 heavy (non-hydrogen) atoms. The fourth-order valence-corrected chi connectivity index (χ4v) is 4.45. The summed E-state index contributed by atoms with van der Waals surface area (Å²) in [6.07, 6.45) is 0. The van der Waals surface area contributed by atoms with Crippen LogP contribution >= 0.6 is 11.8 Å². The number of nitrogens with zero attached hydrogens (tertiary/aromatic N) is 1. The monoisotopic (exact) mass is 424 g/mol. The molecule has 0 aliphatic carbocycles. The summed E-state index contributed by atoms with van der Waals surface area (Å²) in [5, 5.41) is 2.31. The van der Waals surface area contributed by atoms with E-state index >= 15 is 0 Å². The highest BCUT2D eigenvalue weighted by Gasteiger charge is 2.32. The quantitative estimate of drug-likeness (QED) is 0.628. The lowest BCUT2D eigenvalue weighted by atomic mass is 10.1. The molecule has 1 aliphatic heterocycles. The Balaban J connectivity index is 1.48. The molecule has 152 valence electrons. The zero-order valence-electron chi connectivity index (χ0n) is 15.8. The van der Waals surface area contributed by atoms with Gasteiger partial charge in [-0.25, -0.2) is 8.78 Å². The maximum Gasteiger partial charge on any atom is 0.255 e. The first-order chi connectivity index (χ1) is 14.5. The highest BCUT2D eigenvalue weighted by Crippen LogP contribution is 2.39. The van der Waals surface area contributed by atoms with Gasteiger partial charge in [-0.1, -0.05) is 42.5 Å². The van der Waals surface area contributed by atoms with E-state index < -0.39 is 17.5 Å². The van der Waals surface area contributed by atoms with Gasteiger partial charge in [0.15, 0.2) is 0 Å². The molecular formula is C23H18F2N2O2S. The minimum Gasteiger partial charge on any atom is -0.322 e. The van der Waals surface area contributed by atoms with E-state index in [9.17, 15) is 18.4 Å². The number of nitrogens with one attached hydrogen (secondary N) is 1. The molecule has 1 N–H and O–H groups in total. The van der Waals surface area contributed by atoms with Crippen molar-refractivity contribution in [3.8, 4) is 0 Å². The van der Waals surface area contributed by atoms with E-state index in [1.807, 2.05) is 35.2 Å². The second-order valence-corrected chi connectivity index (χ2v) is 7.94. The molecule has 3 aromatic rings. The Bertz CT molecular complexity index is 1070. The smallest absolute Gasteiger partial charge is 0.255 e. The van der Waals surface area contributed by atoms with E-state index in [2.05, 4.69) is 5.32 Å². The standard InChI is InChI=1S/C23H18F2N2O2S/c24-18-10-11-20(19(25)12-18)26-22(29)16-6-8-17(9-7-16)23-27(21(28)14-30-23)13-15-4-2-1-3-5-15/h1-12,23H,13-14H2,(H,26,29)/t23-/m1/s1. The minimum absolute atomic E-state index is 0.0717. The molecule has 4 nitrogen and oxygen atoms in total. The van der Waals surface area contributed by atoms with E-state index in [4.69, 9.17) is 0 Å². The molecule has 1 saturated heterocycles. The van der Waals surface area contributed by atoms with E-state index in [0.29, 0.717) is 23.9 Å². The molecule has 0 radical (unpaired) electrons. The van der Waals surface area contributed by atoms with Crippen LogP contribution in [0.5, 0.6) is 0 Å². The van der Waals surface area contributed by atoms with Crippen molar-refractivity contribution < 1.29 is 18.4 Å². The number of amides is 2. The fourth-order valence-electron chi connectivity index (χ4n) is 3.27. The number of thioether (sulfide) groups is 1. The second-order valence-electron chi connectivity index (χ2n) is 6.87. The maximum atomic E-state index is 13.8. The Kier molecular flexibility index (Phi) is 5.81.